The molecule has 0 saturated carbocycles. The van der Waals surface area contributed by atoms with Crippen LogP contribution in [0.4, 0.5) is 0 Å². The van der Waals surface area contributed by atoms with Crippen LogP contribution >= 0.6 is 24.8 Å². The number of methoxy groups -OCH3 is 2. The minimum Gasteiger partial charge on any atom is -0.383 e. The molecule has 1 saturated heterocycles. The second kappa shape index (κ2) is 11.9. The van der Waals surface area contributed by atoms with Gasteiger partial charge in [-0.05, 0) is 0 Å². The van der Waals surface area contributed by atoms with E-state index in [4.69, 9.17) is 9.47 Å². The molecule has 0 radical (unpaired) electrons. The lowest BCUT2D eigenvalue weighted by Gasteiger charge is -2.34. The maximum atomic E-state index is 5.06. The highest BCUT2D eigenvalue weighted by Crippen LogP contribution is 2.00. The number of hydrogen-bond donors (Lipinski definition) is 0. The fraction of sp³-hybridized carbons (Fsp3) is 1.00. The summed E-state index contributed by atoms with van der Waals surface area (Å²) in [5, 5.41) is 0. The number of halogens is 2. The quantitative estimate of drug-likeness (QED) is 0.714. The van der Waals surface area contributed by atoms with E-state index in [2.05, 4.69) is 9.80 Å². The smallest absolute Gasteiger partial charge is 0.0589 e. The Labute approximate surface area is 111 Å². The molecule has 16 heavy (non-hydrogen) atoms. The van der Waals surface area contributed by atoms with Crippen LogP contribution in [-0.4, -0.2) is 76.5 Å². The lowest BCUT2D eigenvalue weighted by Crippen LogP contribution is -2.48. The molecule has 0 atom stereocenters. The highest BCUT2D eigenvalue weighted by Gasteiger charge is 2.15. The van der Waals surface area contributed by atoms with Crippen molar-refractivity contribution in [1.82, 2.24) is 9.80 Å². The van der Waals surface area contributed by atoms with Gasteiger partial charge >= 0.3 is 0 Å². The van der Waals surface area contributed by atoms with E-state index in [1.165, 1.54) is 0 Å². The van der Waals surface area contributed by atoms with E-state index in [-0.39, 0.29) is 24.8 Å². The Bertz CT molecular complexity index is 129. The Morgan fingerprint density at radius 2 is 1.06 bits per heavy atom. The van der Waals surface area contributed by atoms with Gasteiger partial charge in [-0.1, -0.05) is 0 Å². The molecule has 0 aromatic rings. The van der Waals surface area contributed by atoms with Gasteiger partial charge in [0.05, 0.1) is 13.2 Å². The molecule has 0 aromatic carbocycles. The van der Waals surface area contributed by atoms with Crippen molar-refractivity contribution in [2.24, 2.45) is 0 Å². The van der Waals surface area contributed by atoms with Crippen molar-refractivity contribution in [2.75, 3.05) is 66.7 Å². The number of nitrogens with zero attached hydrogens (tertiary/aromatic N) is 2. The first-order valence-electron chi connectivity index (χ1n) is 5.29. The van der Waals surface area contributed by atoms with Gasteiger partial charge in [-0.25, -0.2) is 0 Å². The molecule has 1 fully saturated rings. The van der Waals surface area contributed by atoms with Crippen LogP contribution in [0.2, 0.25) is 0 Å². The van der Waals surface area contributed by atoms with Crippen molar-refractivity contribution in [1.29, 1.82) is 0 Å². The Kier molecular flexibility index (Phi) is 14.0. The van der Waals surface area contributed by atoms with Crippen LogP contribution < -0.4 is 0 Å². The lowest BCUT2D eigenvalue weighted by molar-refractivity contribution is 0.0789. The summed E-state index contributed by atoms with van der Waals surface area (Å²) in [6, 6.07) is 0. The van der Waals surface area contributed by atoms with Gasteiger partial charge in [-0.3, -0.25) is 9.80 Å². The topological polar surface area (TPSA) is 24.9 Å². The third-order valence-electron chi connectivity index (χ3n) is 2.69. The van der Waals surface area contributed by atoms with Gasteiger partial charge < -0.3 is 9.47 Å². The maximum absolute atomic E-state index is 5.06. The largest absolute Gasteiger partial charge is 0.383 e. The first-order valence-corrected chi connectivity index (χ1v) is 5.29. The first-order chi connectivity index (χ1) is 6.86. The zero-order valence-electron chi connectivity index (χ0n) is 10.2. The van der Waals surface area contributed by atoms with Crippen LogP contribution in [0.1, 0.15) is 0 Å². The van der Waals surface area contributed by atoms with E-state index in [1.54, 1.807) is 14.2 Å². The van der Waals surface area contributed by atoms with Gasteiger partial charge in [0.25, 0.3) is 0 Å². The summed E-state index contributed by atoms with van der Waals surface area (Å²) < 4.78 is 10.1. The van der Waals surface area contributed by atoms with E-state index in [0.717, 1.165) is 52.5 Å². The van der Waals surface area contributed by atoms with Gasteiger partial charge in [-0.15, -0.1) is 24.8 Å². The van der Waals surface area contributed by atoms with Crippen LogP contribution in [0, 0.1) is 0 Å². The van der Waals surface area contributed by atoms with E-state index in [9.17, 15) is 0 Å². The Morgan fingerprint density at radius 3 is 1.31 bits per heavy atom. The number of ether oxygens (including phenoxy) is 2. The molecule has 0 N–H and O–H groups in total. The highest BCUT2D eigenvalue weighted by molar-refractivity contribution is 5.85. The second-order valence-corrected chi connectivity index (χ2v) is 3.67. The first kappa shape index (κ1) is 18.8. The minimum absolute atomic E-state index is 0. The van der Waals surface area contributed by atoms with E-state index in [1.807, 2.05) is 0 Å². The summed E-state index contributed by atoms with van der Waals surface area (Å²) in [5.41, 5.74) is 0. The molecule has 1 rings (SSSR count). The van der Waals surface area contributed by atoms with Crippen LogP contribution in [0.15, 0.2) is 0 Å². The van der Waals surface area contributed by atoms with Crippen LogP contribution in [0.25, 0.3) is 0 Å². The minimum atomic E-state index is 0. The number of hydrogen-bond acceptors (Lipinski definition) is 4. The van der Waals surface area contributed by atoms with Crippen molar-refractivity contribution < 1.29 is 9.47 Å². The molecular weight excluding hydrogens is 251 g/mol. The average molecular weight is 275 g/mol. The SMILES string of the molecule is COCCN1CCN(CCOC)CC1.Cl.Cl. The Morgan fingerprint density at radius 1 is 0.750 bits per heavy atom. The van der Waals surface area contributed by atoms with Crippen molar-refractivity contribution in [3.8, 4) is 0 Å². The Balaban J connectivity index is 0. The Hall–Kier alpha value is 0.420. The molecule has 1 heterocycles. The van der Waals surface area contributed by atoms with Crippen molar-refractivity contribution in [2.45, 2.75) is 0 Å². The lowest BCUT2D eigenvalue weighted by atomic mass is 10.3. The number of rotatable bonds is 6. The summed E-state index contributed by atoms with van der Waals surface area (Å²) in [7, 11) is 3.52. The molecule has 0 unspecified atom stereocenters. The van der Waals surface area contributed by atoms with Crippen molar-refractivity contribution in [3.05, 3.63) is 0 Å². The van der Waals surface area contributed by atoms with Crippen LogP contribution in [0.5, 0.6) is 0 Å². The van der Waals surface area contributed by atoms with Crippen LogP contribution in [-0.2, 0) is 9.47 Å². The van der Waals surface area contributed by atoms with Gasteiger partial charge in [-0.2, -0.15) is 0 Å². The van der Waals surface area contributed by atoms with E-state index < -0.39 is 0 Å². The standard InChI is InChI=1S/C10H22N2O2.2ClH/c1-13-9-7-11-3-5-12(6-4-11)8-10-14-2;;/h3-10H2,1-2H3;2*1H. The molecule has 100 valence electrons. The van der Waals surface area contributed by atoms with Gasteiger partial charge in [0.1, 0.15) is 0 Å². The normalized spacial score (nSPS) is 17.6. The maximum Gasteiger partial charge on any atom is 0.0589 e. The molecule has 0 aliphatic carbocycles. The monoisotopic (exact) mass is 274 g/mol. The van der Waals surface area contributed by atoms with Crippen molar-refractivity contribution in [3.63, 3.8) is 0 Å². The molecule has 4 nitrogen and oxygen atoms in total. The zero-order valence-corrected chi connectivity index (χ0v) is 11.8. The fourth-order valence-corrected chi connectivity index (χ4v) is 1.68. The molecule has 0 spiro atoms. The highest BCUT2D eigenvalue weighted by atomic mass is 35.5. The molecule has 1 aliphatic heterocycles. The summed E-state index contributed by atoms with van der Waals surface area (Å²) in [4.78, 5) is 4.90. The molecule has 0 bridgehead atoms. The predicted molar refractivity (Wildman–Crippen MR) is 71.1 cm³/mol. The molecule has 1 aliphatic rings. The third-order valence-corrected chi connectivity index (χ3v) is 2.69. The second-order valence-electron chi connectivity index (χ2n) is 3.67. The van der Waals surface area contributed by atoms with E-state index in [0.29, 0.717) is 0 Å². The van der Waals surface area contributed by atoms with Crippen LogP contribution in [0.3, 0.4) is 0 Å². The third kappa shape index (κ3) is 7.65. The van der Waals surface area contributed by atoms with Gasteiger partial charge in [0.15, 0.2) is 0 Å². The number of piperazine rings is 1. The summed E-state index contributed by atoms with van der Waals surface area (Å²) in [5.74, 6) is 0. The summed E-state index contributed by atoms with van der Waals surface area (Å²) >= 11 is 0. The fourth-order valence-electron chi connectivity index (χ4n) is 1.68. The molecular formula is C10H24Cl2N2O2. The van der Waals surface area contributed by atoms with Crippen molar-refractivity contribution >= 4 is 24.8 Å². The van der Waals surface area contributed by atoms with Gasteiger partial charge in [0.2, 0.25) is 0 Å². The molecule has 0 aromatic heterocycles. The summed E-state index contributed by atoms with van der Waals surface area (Å²) in [6.45, 7) is 8.46. The average Bonchev–Trinajstić information content (AvgIpc) is 2.25. The van der Waals surface area contributed by atoms with Gasteiger partial charge in [0, 0.05) is 53.5 Å². The molecule has 6 heteroatoms. The summed E-state index contributed by atoms with van der Waals surface area (Å²) in [6.07, 6.45) is 0. The van der Waals surface area contributed by atoms with E-state index >= 15 is 0 Å². The zero-order chi connectivity index (χ0) is 10.2. The predicted octanol–water partition coefficient (Wildman–Crippen LogP) is 0.740. The molecule has 0 amide bonds.